The maximum absolute atomic E-state index is 13.3. The molecule has 0 spiro atoms. The van der Waals surface area contributed by atoms with Gasteiger partial charge in [0.25, 0.3) is 5.91 Å². The van der Waals surface area contributed by atoms with Crippen LogP contribution in [0.15, 0.2) is 18.5 Å². The number of fused-ring (bicyclic) bond motifs is 2. The van der Waals surface area contributed by atoms with Gasteiger partial charge in [0, 0.05) is 29.7 Å². The summed E-state index contributed by atoms with van der Waals surface area (Å²) in [6.07, 6.45) is -1.26. The third kappa shape index (κ3) is 4.58. The van der Waals surface area contributed by atoms with Gasteiger partial charge in [-0.2, -0.15) is 18.3 Å². The van der Waals surface area contributed by atoms with Gasteiger partial charge >= 0.3 is 6.18 Å². The Morgan fingerprint density at radius 1 is 1.08 bits per heavy atom. The summed E-state index contributed by atoms with van der Waals surface area (Å²) >= 11 is 0. The van der Waals surface area contributed by atoms with Gasteiger partial charge in [0.05, 0.1) is 5.69 Å². The van der Waals surface area contributed by atoms with Gasteiger partial charge in [-0.25, -0.2) is 9.97 Å². The number of nitrogens with one attached hydrogen (secondary N) is 2. The molecular weight excluding hydrogens is 477 g/mol. The predicted octanol–water partition coefficient (Wildman–Crippen LogP) is 2.91. The van der Waals surface area contributed by atoms with Crippen LogP contribution in [-0.4, -0.2) is 71.9 Å². The summed E-state index contributed by atoms with van der Waals surface area (Å²) in [6, 6.07) is 2.91. The number of carbonyl (C=O) groups excluding carboxylic acids is 2. The Morgan fingerprint density at radius 3 is 2.36 bits per heavy atom. The van der Waals surface area contributed by atoms with Crippen LogP contribution in [0.3, 0.4) is 0 Å². The van der Waals surface area contributed by atoms with Crippen LogP contribution in [0.25, 0.3) is 11.4 Å². The van der Waals surface area contributed by atoms with E-state index in [2.05, 4.69) is 25.5 Å². The Balaban J connectivity index is 1.19. The molecule has 1 aliphatic carbocycles. The van der Waals surface area contributed by atoms with Crippen LogP contribution in [0.4, 0.5) is 13.2 Å². The van der Waals surface area contributed by atoms with E-state index in [1.54, 1.807) is 12.1 Å². The summed E-state index contributed by atoms with van der Waals surface area (Å²) in [6.45, 7) is 1.85. The predicted molar refractivity (Wildman–Crippen MR) is 121 cm³/mol. The lowest BCUT2D eigenvalue weighted by atomic mass is 9.81. The topological polar surface area (TPSA) is 124 Å². The molecule has 2 amide bonds. The number of hydrogen-bond donors (Lipinski definition) is 3. The van der Waals surface area contributed by atoms with Crippen molar-refractivity contribution in [3.8, 4) is 11.4 Å². The number of rotatable bonds is 4. The zero-order chi connectivity index (χ0) is 25.7. The van der Waals surface area contributed by atoms with Crippen molar-refractivity contribution >= 4 is 11.8 Å². The number of aliphatic hydroxyl groups is 1. The second kappa shape index (κ2) is 9.13. The number of H-pyrrole nitrogens is 1. The fraction of sp³-hybridized carbons (Fsp3) is 0.625. The summed E-state index contributed by atoms with van der Waals surface area (Å²) in [7, 11) is 0. The van der Waals surface area contributed by atoms with Crippen molar-refractivity contribution in [3.05, 3.63) is 29.8 Å². The summed E-state index contributed by atoms with van der Waals surface area (Å²) in [4.78, 5) is 36.4. The third-order valence-corrected chi connectivity index (χ3v) is 7.90. The van der Waals surface area contributed by atoms with Gasteiger partial charge in [0.2, 0.25) is 5.91 Å². The first-order chi connectivity index (χ1) is 17.0. The summed E-state index contributed by atoms with van der Waals surface area (Å²) < 4.78 is 39.1. The molecule has 4 heterocycles. The van der Waals surface area contributed by atoms with Crippen LogP contribution in [0.1, 0.15) is 67.5 Å². The Labute approximate surface area is 205 Å². The number of carbonyl (C=O) groups is 2. The minimum Gasteiger partial charge on any atom is -0.380 e. The fourth-order valence-corrected chi connectivity index (χ4v) is 5.86. The summed E-state index contributed by atoms with van der Waals surface area (Å²) in [5, 5.41) is 19.8. The van der Waals surface area contributed by atoms with Gasteiger partial charge in [-0.15, -0.1) is 0 Å². The minimum atomic E-state index is -4.66. The molecule has 36 heavy (non-hydrogen) atoms. The van der Waals surface area contributed by atoms with Crippen LogP contribution in [0, 0.1) is 12.8 Å². The van der Waals surface area contributed by atoms with E-state index in [0.29, 0.717) is 29.9 Å². The number of aromatic nitrogens is 4. The van der Waals surface area contributed by atoms with Gasteiger partial charge in [0.15, 0.2) is 5.60 Å². The highest BCUT2D eigenvalue weighted by molar-refractivity contribution is 5.94. The van der Waals surface area contributed by atoms with Gasteiger partial charge in [0.1, 0.15) is 17.7 Å². The van der Waals surface area contributed by atoms with Crippen molar-refractivity contribution in [1.29, 1.82) is 0 Å². The van der Waals surface area contributed by atoms with E-state index < -0.39 is 24.6 Å². The first kappa shape index (κ1) is 24.7. The van der Waals surface area contributed by atoms with E-state index in [1.807, 2.05) is 11.8 Å². The van der Waals surface area contributed by atoms with Crippen molar-refractivity contribution in [2.75, 3.05) is 0 Å². The molecular formula is C24H29F3N6O3. The maximum atomic E-state index is 13.3. The summed E-state index contributed by atoms with van der Waals surface area (Å²) in [5.74, 6) is -0.634. The van der Waals surface area contributed by atoms with Crippen molar-refractivity contribution < 1.29 is 27.9 Å². The number of halogens is 3. The van der Waals surface area contributed by atoms with Gasteiger partial charge in [-0.1, -0.05) is 0 Å². The molecule has 3 fully saturated rings. The number of piperidine rings is 1. The van der Waals surface area contributed by atoms with E-state index in [-0.39, 0.29) is 48.7 Å². The Kier molecular flexibility index (Phi) is 6.26. The molecule has 5 rings (SSSR count). The fourth-order valence-electron chi connectivity index (χ4n) is 5.86. The molecule has 194 valence electrons. The lowest BCUT2D eigenvalue weighted by molar-refractivity contribution is -0.270. The molecule has 12 heteroatoms. The minimum absolute atomic E-state index is 0.0817. The van der Waals surface area contributed by atoms with E-state index in [1.165, 1.54) is 6.33 Å². The Morgan fingerprint density at radius 2 is 1.75 bits per heavy atom. The number of alkyl halides is 3. The first-order valence-corrected chi connectivity index (χ1v) is 12.3. The van der Waals surface area contributed by atoms with Gasteiger partial charge in [-0.3, -0.25) is 14.7 Å². The zero-order valence-electron chi connectivity index (χ0n) is 19.9. The van der Waals surface area contributed by atoms with Crippen LogP contribution >= 0.6 is 0 Å². The van der Waals surface area contributed by atoms with Crippen LogP contribution < -0.4 is 5.32 Å². The van der Waals surface area contributed by atoms with E-state index in [0.717, 1.165) is 18.5 Å². The highest BCUT2D eigenvalue weighted by atomic mass is 19.4. The molecule has 0 aromatic carbocycles. The second-order valence-corrected chi connectivity index (χ2v) is 10.3. The Hall–Kier alpha value is -3.02. The zero-order valence-corrected chi connectivity index (χ0v) is 19.9. The van der Waals surface area contributed by atoms with Gasteiger partial charge < -0.3 is 15.3 Å². The standard InChI is InChI=1S/C24H29F3N6O3/c1-13-8-18(29-12-28-13)19-11-20(32-31-19)22(35)33-16-2-3-17(33)10-14(9-16)21(34)30-15-4-6-23(36,7-5-15)24(25,26)27/h8,11-12,14-17,36H,2-7,9-10H2,1H3,(H,30,34)(H,31,32)/t14?,15?,16-,17?,23?/m0/s1. The average Bonchev–Trinajstić information content (AvgIpc) is 3.42. The van der Waals surface area contributed by atoms with E-state index in [4.69, 9.17) is 0 Å². The molecule has 0 radical (unpaired) electrons. The van der Waals surface area contributed by atoms with Crippen molar-refractivity contribution in [2.24, 2.45) is 5.92 Å². The third-order valence-electron chi connectivity index (χ3n) is 7.90. The van der Waals surface area contributed by atoms with Crippen molar-refractivity contribution in [2.45, 2.75) is 88.2 Å². The molecule has 3 aliphatic rings. The normalized spacial score (nSPS) is 30.3. The molecule has 3 atom stereocenters. The Bertz CT molecular complexity index is 1130. The van der Waals surface area contributed by atoms with E-state index in [9.17, 15) is 27.9 Å². The highest BCUT2D eigenvalue weighted by Gasteiger charge is 2.55. The van der Waals surface area contributed by atoms with Crippen LogP contribution in [0.2, 0.25) is 0 Å². The molecule has 1 saturated carbocycles. The molecule has 2 aromatic heterocycles. The quantitative estimate of drug-likeness (QED) is 0.586. The number of hydrogen-bond acceptors (Lipinski definition) is 6. The second-order valence-electron chi connectivity index (χ2n) is 10.3. The maximum Gasteiger partial charge on any atom is 0.417 e. The first-order valence-electron chi connectivity index (χ1n) is 12.3. The molecule has 2 aliphatic heterocycles. The molecule has 2 bridgehead atoms. The highest BCUT2D eigenvalue weighted by Crippen LogP contribution is 2.42. The summed E-state index contributed by atoms with van der Waals surface area (Å²) in [5.41, 5.74) is -0.348. The molecule has 2 unspecified atom stereocenters. The van der Waals surface area contributed by atoms with Crippen molar-refractivity contribution in [1.82, 2.24) is 30.4 Å². The average molecular weight is 507 g/mol. The molecule has 2 aromatic rings. The molecule has 3 N–H and O–H groups in total. The van der Waals surface area contributed by atoms with Crippen LogP contribution in [-0.2, 0) is 4.79 Å². The number of aryl methyl sites for hydroxylation is 1. The monoisotopic (exact) mass is 506 g/mol. The number of amides is 2. The molecule has 9 nitrogen and oxygen atoms in total. The smallest absolute Gasteiger partial charge is 0.380 e. The largest absolute Gasteiger partial charge is 0.417 e. The molecule has 2 saturated heterocycles. The van der Waals surface area contributed by atoms with Crippen molar-refractivity contribution in [3.63, 3.8) is 0 Å². The number of nitrogens with zero attached hydrogens (tertiary/aromatic N) is 4. The lowest BCUT2D eigenvalue weighted by Gasteiger charge is -2.40. The van der Waals surface area contributed by atoms with Gasteiger partial charge in [-0.05, 0) is 70.4 Å². The van der Waals surface area contributed by atoms with Crippen LogP contribution in [0.5, 0.6) is 0 Å². The lowest BCUT2D eigenvalue weighted by Crippen LogP contribution is -2.53. The SMILES string of the molecule is Cc1cc(-c2cc(C(=O)N3C4CC[C@H]3CC(C(=O)NC3CCC(O)(C(F)(F)F)CC3)C4)[nH]n2)ncn1. The number of aromatic amines is 1. The van der Waals surface area contributed by atoms with E-state index >= 15 is 0 Å².